The second-order valence-corrected chi connectivity index (χ2v) is 11.8. The number of fused-ring (bicyclic) bond motifs is 2. The first kappa shape index (κ1) is 27.6. The Labute approximate surface area is 243 Å². The third-order valence-corrected chi connectivity index (χ3v) is 9.35. The third-order valence-electron chi connectivity index (χ3n) is 7.56. The Morgan fingerprint density at radius 1 is 0.564 bits per heavy atom. The van der Waals surface area contributed by atoms with Crippen LogP contribution in [0.5, 0.6) is 0 Å². The molecule has 6 rings (SSSR count). The number of hydrogen-bond donors (Lipinski definition) is 0. The quantitative estimate of drug-likeness (QED) is 0.139. The molecule has 0 spiro atoms. The topological polar surface area (TPSA) is 9.86 Å². The summed E-state index contributed by atoms with van der Waals surface area (Å²) in [6.45, 7) is 4.53. The van der Waals surface area contributed by atoms with E-state index in [2.05, 4.69) is 145 Å². The summed E-state index contributed by atoms with van der Waals surface area (Å²) in [4.78, 5) is 0. The molecule has 0 saturated heterocycles. The van der Waals surface area contributed by atoms with E-state index in [0.29, 0.717) is 0 Å². The van der Waals surface area contributed by atoms with Crippen molar-refractivity contribution in [1.82, 2.24) is 9.13 Å². The summed E-state index contributed by atoms with van der Waals surface area (Å²) in [6, 6.07) is 30.7. The Morgan fingerprint density at radius 3 is 1.36 bits per heavy atom. The molecule has 0 N–H and O–H groups in total. The van der Waals surface area contributed by atoms with Crippen molar-refractivity contribution < 1.29 is 15.7 Å². The Bertz CT molecular complexity index is 1530. The van der Waals surface area contributed by atoms with Gasteiger partial charge < -0.3 is 0 Å². The van der Waals surface area contributed by atoms with E-state index < -0.39 is 0 Å². The van der Waals surface area contributed by atoms with Crippen molar-refractivity contribution in [1.29, 1.82) is 0 Å². The summed E-state index contributed by atoms with van der Waals surface area (Å²) >= 11 is -0.240. The van der Waals surface area contributed by atoms with Gasteiger partial charge in [0.25, 0.3) is 0 Å². The van der Waals surface area contributed by atoms with Crippen LogP contribution in [-0.2, 0) is 15.7 Å². The number of hydrogen-bond acceptors (Lipinski definition) is 0. The van der Waals surface area contributed by atoms with Crippen molar-refractivity contribution in [2.75, 3.05) is 0 Å². The normalized spacial score (nSPS) is 16.6. The summed E-state index contributed by atoms with van der Waals surface area (Å²) in [6.07, 6.45) is 18.4. The van der Waals surface area contributed by atoms with Gasteiger partial charge >= 0.3 is 194 Å². The molecule has 2 nitrogen and oxygen atoms in total. The van der Waals surface area contributed by atoms with E-state index in [1.807, 2.05) is 0 Å². The number of aromatic nitrogens is 2. The van der Waals surface area contributed by atoms with Crippen molar-refractivity contribution in [3.05, 3.63) is 137 Å². The summed E-state index contributed by atoms with van der Waals surface area (Å²) in [7, 11) is 6.61. The van der Waals surface area contributed by atoms with Crippen LogP contribution in [0.1, 0.15) is 62.7 Å². The first-order valence-electron chi connectivity index (χ1n) is 13.8. The molecule has 1 heterocycles. The minimum absolute atomic E-state index is 0.199. The van der Waals surface area contributed by atoms with E-state index in [1.165, 1.54) is 62.4 Å². The predicted octanol–water partition coefficient (Wildman–Crippen LogP) is 10.3. The van der Waals surface area contributed by atoms with Crippen LogP contribution < -0.4 is 0 Å². The second kappa shape index (κ2) is 13.4. The number of imidazole rings is 1. The van der Waals surface area contributed by atoms with Crippen LogP contribution in [0.2, 0.25) is 0 Å². The van der Waals surface area contributed by atoms with E-state index in [1.54, 1.807) is 0 Å². The van der Waals surface area contributed by atoms with Crippen LogP contribution >= 0.6 is 9.69 Å². The van der Waals surface area contributed by atoms with Crippen LogP contribution in [0.4, 0.5) is 0 Å². The minimum atomic E-state index is -0.240. The van der Waals surface area contributed by atoms with Crippen LogP contribution in [0, 0.1) is 4.01 Å². The molecule has 4 aromatic carbocycles. The zero-order valence-electron chi connectivity index (χ0n) is 22.6. The van der Waals surface area contributed by atoms with Crippen molar-refractivity contribution in [2.45, 2.75) is 51.6 Å². The molecule has 5 aromatic rings. The van der Waals surface area contributed by atoms with E-state index in [0.717, 1.165) is 0 Å². The Morgan fingerprint density at radius 2 is 0.949 bits per heavy atom. The van der Waals surface area contributed by atoms with Crippen molar-refractivity contribution in [3.63, 3.8) is 0 Å². The Balaban J connectivity index is 0.000000332. The molecule has 1 aliphatic carbocycles. The van der Waals surface area contributed by atoms with E-state index in [-0.39, 0.29) is 27.8 Å². The van der Waals surface area contributed by atoms with Gasteiger partial charge in [0.1, 0.15) is 0 Å². The third kappa shape index (κ3) is 6.27. The number of benzene rings is 4. The van der Waals surface area contributed by atoms with E-state index in [4.69, 9.17) is 9.69 Å². The van der Waals surface area contributed by atoms with E-state index >= 15 is 0 Å². The molecule has 1 aromatic heterocycles. The van der Waals surface area contributed by atoms with Crippen LogP contribution in [-0.4, -0.2) is 9.13 Å². The molecule has 4 heteroatoms. The molecule has 0 fully saturated rings. The summed E-state index contributed by atoms with van der Waals surface area (Å²) in [5.41, 5.74) is 2.64. The van der Waals surface area contributed by atoms with Gasteiger partial charge in [-0.1, -0.05) is 24.3 Å². The molecule has 202 valence electrons. The van der Waals surface area contributed by atoms with Gasteiger partial charge in [-0.15, -0.1) is 0 Å². The van der Waals surface area contributed by atoms with E-state index in [9.17, 15) is 0 Å². The summed E-state index contributed by atoms with van der Waals surface area (Å²) < 4.78 is 5.88. The monoisotopic (exact) mass is 622 g/mol. The maximum absolute atomic E-state index is 6.61. The fraction of sp³-hybridized carbons (Fsp3) is 0.229. The fourth-order valence-corrected chi connectivity index (χ4v) is 7.37. The fourth-order valence-electron chi connectivity index (χ4n) is 5.40. The molecular weight excluding hydrogens is 587 g/mol. The van der Waals surface area contributed by atoms with Gasteiger partial charge in [-0.25, -0.2) is 0 Å². The first-order chi connectivity index (χ1) is 19.2. The van der Waals surface area contributed by atoms with Gasteiger partial charge in [0.15, 0.2) is 0 Å². The van der Waals surface area contributed by atoms with Crippen LogP contribution in [0.15, 0.2) is 122 Å². The molecule has 0 aliphatic heterocycles. The predicted molar refractivity (Wildman–Crippen MR) is 164 cm³/mol. The molecule has 0 saturated carbocycles. The molecule has 0 bridgehead atoms. The van der Waals surface area contributed by atoms with Gasteiger partial charge in [-0.05, 0) is 25.7 Å². The molecule has 2 atom stereocenters. The van der Waals surface area contributed by atoms with Gasteiger partial charge in [-0.2, -0.15) is 0 Å². The SMILES string of the molecule is C1=C\CC/C=C\CC/1.C[C@H](c1cccc2ccccc12)n1ccn([C@H](C)c2cccc3ccccc23)[c]1=[Rh][Cl]. The van der Waals surface area contributed by atoms with Gasteiger partial charge in [-0.3, -0.25) is 0 Å². The van der Waals surface area contributed by atoms with Crippen molar-refractivity contribution in [2.24, 2.45) is 0 Å². The Hall–Kier alpha value is -3.00. The number of halogens is 1. The zero-order valence-corrected chi connectivity index (χ0v) is 25.0. The zero-order chi connectivity index (χ0) is 27.0. The van der Waals surface area contributed by atoms with Crippen molar-refractivity contribution in [3.8, 4) is 0 Å². The average molecular weight is 623 g/mol. The molecule has 39 heavy (non-hydrogen) atoms. The van der Waals surface area contributed by atoms with Crippen molar-refractivity contribution >= 4 is 31.2 Å². The summed E-state index contributed by atoms with van der Waals surface area (Å²) in [5.74, 6) is 0. The van der Waals surface area contributed by atoms with Gasteiger partial charge in [0, 0.05) is 0 Å². The second-order valence-electron chi connectivity index (χ2n) is 10.0. The molecule has 0 unspecified atom stereocenters. The average Bonchev–Trinajstić information content (AvgIpc) is 3.40. The first-order valence-corrected chi connectivity index (χ1v) is 16.7. The summed E-state index contributed by atoms with van der Waals surface area (Å²) in [5, 5.41) is 5.15. The maximum atomic E-state index is 6.61. The van der Waals surface area contributed by atoms with Gasteiger partial charge in [0.05, 0.1) is 0 Å². The van der Waals surface area contributed by atoms with Gasteiger partial charge in [0.2, 0.25) is 0 Å². The standard InChI is InChI=1S/C27H24N2.C8H12.ClH.Rh/c1-20(24-15-7-11-22-9-3-5-13-26(22)24)28-17-18-29(19-28)21(2)25-16-8-12-23-10-4-6-14-27(23)25;1-2-4-6-8-7-5-3-1;;/h3-18,20-21H,1-2H3;1-2,7-8H,3-6H2;1H;/q;;;+1/p-1/b;2-1-,8-7-;;/t20-,21-;;;/m1.../s1. The number of allylic oxidation sites excluding steroid dienone is 4. The van der Waals surface area contributed by atoms with Crippen LogP contribution in [0.25, 0.3) is 21.5 Å². The number of rotatable bonds is 4. The Kier molecular flexibility index (Phi) is 9.46. The molecule has 0 radical (unpaired) electrons. The molecule has 1 aliphatic rings. The molecule has 0 amide bonds. The van der Waals surface area contributed by atoms with Crippen LogP contribution in [0.3, 0.4) is 0 Å². The molecular formula is C35H36ClN2Rh. The number of nitrogens with zero attached hydrogens (tertiary/aromatic N) is 2.